The van der Waals surface area contributed by atoms with E-state index >= 15 is 0 Å². The van der Waals surface area contributed by atoms with E-state index in [2.05, 4.69) is 5.32 Å². The topological polar surface area (TPSA) is 61.7 Å². The molecule has 0 amide bonds. The van der Waals surface area contributed by atoms with Crippen LogP contribution in [0.15, 0.2) is 0 Å². The zero-order valence-corrected chi connectivity index (χ0v) is 5.34. The number of nitrogens with zero attached hydrogens (tertiary/aromatic N) is 3. The average molecular weight is 89.0 g/mol. The zero-order chi connectivity index (χ0) is 4.12. The van der Waals surface area contributed by atoms with Crippen molar-refractivity contribution in [3.05, 3.63) is 5.32 Å². The SMILES string of the molecule is N#C[N-]C#N.[Na+]. The number of hydrogen-bond donors (Lipinski definition) is 0. The zero-order valence-electron chi connectivity index (χ0n) is 3.34. The Hall–Kier alpha value is -0.220. The molecular formula is C2N3Na. The summed E-state index contributed by atoms with van der Waals surface area (Å²) in [6.07, 6.45) is 2.56. The first kappa shape index (κ1) is 9.24. The molecule has 6 heavy (non-hydrogen) atoms. The summed E-state index contributed by atoms with van der Waals surface area (Å²) >= 11 is 0. The van der Waals surface area contributed by atoms with Gasteiger partial charge in [-0.25, -0.2) is 0 Å². The third-order valence-corrected chi connectivity index (χ3v) is 0.100. The molecule has 0 atom stereocenters. The monoisotopic (exact) mass is 89.0 g/mol. The van der Waals surface area contributed by atoms with Crippen LogP contribution < -0.4 is 29.6 Å². The van der Waals surface area contributed by atoms with Gasteiger partial charge in [0.2, 0.25) is 0 Å². The van der Waals surface area contributed by atoms with Crippen molar-refractivity contribution in [2.75, 3.05) is 0 Å². The van der Waals surface area contributed by atoms with E-state index in [0.717, 1.165) is 0 Å². The first-order chi connectivity index (χ1) is 2.41. The van der Waals surface area contributed by atoms with E-state index in [0.29, 0.717) is 0 Å². The fourth-order valence-electron chi connectivity index (χ4n) is 0.0224. The van der Waals surface area contributed by atoms with Crippen LogP contribution in [-0.2, 0) is 0 Å². The second-order valence-corrected chi connectivity index (χ2v) is 0.312. The van der Waals surface area contributed by atoms with Crippen molar-refractivity contribution in [2.24, 2.45) is 0 Å². The first-order valence-electron chi connectivity index (χ1n) is 0.894. The molecule has 0 saturated carbocycles. The van der Waals surface area contributed by atoms with E-state index in [1.807, 2.05) is 0 Å². The second kappa shape index (κ2) is 8.84. The van der Waals surface area contributed by atoms with Crippen LogP contribution in [0.25, 0.3) is 5.32 Å². The number of hydrogen-bond acceptors (Lipinski definition) is 2. The molecule has 0 aliphatic rings. The van der Waals surface area contributed by atoms with Gasteiger partial charge in [0.05, 0.1) is 0 Å². The smallest absolute Gasteiger partial charge is 0.385 e. The molecule has 0 saturated heterocycles. The molecule has 0 spiro atoms. The van der Waals surface area contributed by atoms with E-state index in [1.165, 1.54) is 12.4 Å². The van der Waals surface area contributed by atoms with E-state index < -0.39 is 0 Å². The Morgan fingerprint density at radius 1 is 1.17 bits per heavy atom. The predicted octanol–water partition coefficient (Wildman–Crippen LogP) is -2.67. The van der Waals surface area contributed by atoms with Gasteiger partial charge in [-0.05, 0) is 0 Å². The largest absolute Gasteiger partial charge is 1.00 e. The van der Waals surface area contributed by atoms with Crippen molar-refractivity contribution in [3.63, 3.8) is 0 Å². The van der Waals surface area contributed by atoms with Crippen LogP contribution in [-0.4, -0.2) is 0 Å². The number of nitriles is 2. The molecule has 0 bridgehead atoms. The van der Waals surface area contributed by atoms with Crippen LogP contribution in [0.4, 0.5) is 0 Å². The van der Waals surface area contributed by atoms with E-state index in [9.17, 15) is 0 Å². The van der Waals surface area contributed by atoms with Crippen LogP contribution in [0.1, 0.15) is 0 Å². The van der Waals surface area contributed by atoms with Gasteiger partial charge >= 0.3 is 29.6 Å². The van der Waals surface area contributed by atoms with Gasteiger partial charge in [0.1, 0.15) is 0 Å². The molecule has 0 N–H and O–H groups in total. The molecule has 0 fully saturated rings. The summed E-state index contributed by atoms with van der Waals surface area (Å²) in [5.41, 5.74) is 0. The van der Waals surface area contributed by atoms with Crippen LogP contribution in [0.3, 0.4) is 0 Å². The van der Waals surface area contributed by atoms with Crippen LogP contribution >= 0.6 is 0 Å². The van der Waals surface area contributed by atoms with Crippen molar-refractivity contribution in [1.82, 2.24) is 0 Å². The molecule has 4 heteroatoms. The molecule has 0 aromatic carbocycles. The predicted molar refractivity (Wildman–Crippen MR) is 14.6 cm³/mol. The third-order valence-electron chi connectivity index (χ3n) is 0.100. The van der Waals surface area contributed by atoms with Crippen molar-refractivity contribution < 1.29 is 29.6 Å². The third kappa shape index (κ3) is 9.22. The molecule has 3 nitrogen and oxygen atoms in total. The maximum Gasteiger partial charge on any atom is 1.00 e. The molecule has 24 valence electrons. The van der Waals surface area contributed by atoms with Gasteiger partial charge in [0, 0.05) is 12.4 Å². The molecular weight excluding hydrogens is 89.0 g/mol. The Balaban J connectivity index is 0. The van der Waals surface area contributed by atoms with Crippen molar-refractivity contribution in [3.8, 4) is 12.4 Å². The Bertz CT molecular complexity index is 73.9. The quantitative estimate of drug-likeness (QED) is 0.240. The first-order valence-corrected chi connectivity index (χ1v) is 0.894. The van der Waals surface area contributed by atoms with E-state index in [-0.39, 0.29) is 29.6 Å². The summed E-state index contributed by atoms with van der Waals surface area (Å²) in [7, 11) is 0. The van der Waals surface area contributed by atoms with Gasteiger partial charge in [-0.15, -0.1) is 0 Å². The summed E-state index contributed by atoms with van der Waals surface area (Å²) in [5, 5.41) is 17.4. The molecule has 0 rings (SSSR count). The average Bonchev–Trinajstić information content (AvgIpc) is 1.41. The summed E-state index contributed by atoms with van der Waals surface area (Å²) < 4.78 is 0. The van der Waals surface area contributed by atoms with Crippen LogP contribution in [0, 0.1) is 22.9 Å². The maximum absolute atomic E-state index is 7.43. The fourth-order valence-corrected chi connectivity index (χ4v) is 0.0224. The molecule has 0 heterocycles. The van der Waals surface area contributed by atoms with Gasteiger partial charge in [-0.1, -0.05) is 0 Å². The molecule has 0 radical (unpaired) electrons. The Morgan fingerprint density at radius 2 is 1.50 bits per heavy atom. The second-order valence-electron chi connectivity index (χ2n) is 0.312. The maximum atomic E-state index is 7.43. The van der Waals surface area contributed by atoms with Crippen LogP contribution in [0.2, 0.25) is 0 Å². The van der Waals surface area contributed by atoms with E-state index in [1.54, 1.807) is 0 Å². The van der Waals surface area contributed by atoms with Gasteiger partial charge in [-0.2, -0.15) is 0 Å². The summed E-state index contributed by atoms with van der Waals surface area (Å²) in [6, 6.07) is 0. The fraction of sp³-hybridized carbons (Fsp3) is 0. The minimum absolute atomic E-state index is 0. The van der Waals surface area contributed by atoms with Crippen LogP contribution in [0.5, 0.6) is 0 Å². The molecule has 0 unspecified atom stereocenters. The van der Waals surface area contributed by atoms with Gasteiger partial charge in [0.15, 0.2) is 0 Å². The Morgan fingerprint density at radius 3 is 1.50 bits per heavy atom. The van der Waals surface area contributed by atoms with Crippen molar-refractivity contribution >= 4 is 0 Å². The summed E-state index contributed by atoms with van der Waals surface area (Å²) in [4.78, 5) is 0. The van der Waals surface area contributed by atoms with Gasteiger partial charge in [0.25, 0.3) is 0 Å². The number of rotatable bonds is 0. The molecule has 0 aliphatic carbocycles. The normalized spacial score (nSPS) is 3.00. The summed E-state index contributed by atoms with van der Waals surface area (Å²) in [6.45, 7) is 0. The Labute approximate surface area is 57.9 Å². The minimum atomic E-state index is 0. The standard InChI is InChI=1S/C2N3.Na/c3-1-5-2-4;/q-1;+1. The van der Waals surface area contributed by atoms with Gasteiger partial charge < -0.3 is 10.5 Å². The van der Waals surface area contributed by atoms with Crippen molar-refractivity contribution in [1.29, 1.82) is 10.5 Å². The minimum Gasteiger partial charge on any atom is -0.385 e. The van der Waals surface area contributed by atoms with Gasteiger partial charge in [-0.3, -0.25) is 5.32 Å². The Kier molecular flexibility index (Phi) is 13.6. The van der Waals surface area contributed by atoms with Crippen molar-refractivity contribution in [2.45, 2.75) is 0 Å². The molecule has 0 aromatic rings. The molecule has 0 aliphatic heterocycles. The molecule has 0 aromatic heterocycles. The van der Waals surface area contributed by atoms with E-state index in [4.69, 9.17) is 10.5 Å². The summed E-state index contributed by atoms with van der Waals surface area (Å²) in [5.74, 6) is 0.